The standard InChI is InChI=1S/C15H24N2OS/c1-11(2)17-15(7-4-9-18-10-8-15)14-16-12-5-3-6-13(12)19-14/h11,17H,3-10H2,1-2H3. The van der Waals surface area contributed by atoms with Crippen LogP contribution in [-0.2, 0) is 23.1 Å². The van der Waals surface area contributed by atoms with E-state index in [-0.39, 0.29) is 5.54 Å². The van der Waals surface area contributed by atoms with Crippen molar-refractivity contribution < 1.29 is 4.74 Å². The molecule has 1 aliphatic heterocycles. The van der Waals surface area contributed by atoms with Gasteiger partial charge in [0.15, 0.2) is 0 Å². The molecule has 4 heteroatoms. The minimum atomic E-state index is 0.0552. The Hall–Kier alpha value is -0.450. The van der Waals surface area contributed by atoms with Crippen molar-refractivity contribution in [2.24, 2.45) is 0 Å². The van der Waals surface area contributed by atoms with Crippen molar-refractivity contribution in [3.8, 4) is 0 Å². The summed E-state index contributed by atoms with van der Waals surface area (Å²) in [5.74, 6) is 0. The van der Waals surface area contributed by atoms with Gasteiger partial charge >= 0.3 is 0 Å². The van der Waals surface area contributed by atoms with Crippen LogP contribution < -0.4 is 5.32 Å². The summed E-state index contributed by atoms with van der Waals surface area (Å²) in [4.78, 5) is 6.51. The highest BCUT2D eigenvalue weighted by atomic mass is 32.1. The summed E-state index contributed by atoms with van der Waals surface area (Å²) < 4.78 is 5.67. The number of rotatable bonds is 3. The van der Waals surface area contributed by atoms with Crippen LogP contribution in [0.15, 0.2) is 0 Å². The average Bonchev–Trinajstić information content (AvgIpc) is 2.86. The van der Waals surface area contributed by atoms with Crippen LogP contribution in [0.1, 0.15) is 55.1 Å². The first-order chi connectivity index (χ1) is 9.20. The number of thiazole rings is 1. The highest BCUT2D eigenvalue weighted by molar-refractivity contribution is 7.12. The first kappa shape index (κ1) is 13.5. The van der Waals surface area contributed by atoms with Gasteiger partial charge in [-0.05, 0) is 52.4 Å². The van der Waals surface area contributed by atoms with Gasteiger partial charge in [-0.25, -0.2) is 4.98 Å². The first-order valence-corrected chi connectivity index (χ1v) is 8.36. The summed E-state index contributed by atoms with van der Waals surface area (Å²) in [7, 11) is 0. The number of hydrogen-bond donors (Lipinski definition) is 1. The largest absolute Gasteiger partial charge is 0.381 e. The lowest BCUT2D eigenvalue weighted by molar-refractivity contribution is 0.135. The van der Waals surface area contributed by atoms with Gasteiger partial charge in [0.05, 0.1) is 11.2 Å². The molecule has 0 aromatic carbocycles. The second-order valence-electron chi connectivity index (χ2n) is 6.09. The fraction of sp³-hybridized carbons (Fsp3) is 0.800. The van der Waals surface area contributed by atoms with E-state index < -0.39 is 0 Å². The average molecular weight is 280 g/mol. The molecule has 2 aliphatic rings. The smallest absolute Gasteiger partial charge is 0.113 e. The van der Waals surface area contributed by atoms with Crippen LogP contribution in [0.4, 0.5) is 0 Å². The van der Waals surface area contributed by atoms with Crippen molar-refractivity contribution in [1.82, 2.24) is 10.3 Å². The maximum absolute atomic E-state index is 5.67. The number of nitrogens with one attached hydrogen (secondary N) is 1. The van der Waals surface area contributed by atoms with Gasteiger partial charge in [-0.2, -0.15) is 0 Å². The minimum absolute atomic E-state index is 0.0552. The number of aromatic nitrogens is 1. The summed E-state index contributed by atoms with van der Waals surface area (Å²) in [5.41, 5.74) is 1.43. The fourth-order valence-corrected chi connectivity index (χ4v) is 4.68. The van der Waals surface area contributed by atoms with E-state index in [1.807, 2.05) is 11.3 Å². The molecule has 0 bridgehead atoms. The molecule has 0 radical (unpaired) electrons. The third kappa shape index (κ3) is 2.71. The maximum Gasteiger partial charge on any atom is 0.113 e. The normalized spacial score (nSPS) is 27.5. The topological polar surface area (TPSA) is 34.2 Å². The molecule has 3 nitrogen and oxygen atoms in total. The van der Waals surface area contributed by atoms with E-state index in [9.17, 15) is 0 Å². The van der Waals surface area contributed by atoms with Crippen molar-refractivity contribution in [2.75, 3.05) is 13.2 Å². The molecule has 1 aromatic rings. The third-order valence-electron chi connectivity index (χ3n) is 4.14. The Balaban J connectivity index is 1.92. The van der Waals surface area contributed by atoms with Crippen molar-refractivity contribution in [3.05, 3.63) is 15.6 Å². The van der Waals surface area contributed by atoms with Gasteiger partial charge < -0.3 is 10.1 Å². The van der Waals surface area contributed by atoms with Crippen LogP contribution in [0.5, 0.6) is 0 Å². The van der Waals surface area contributed by atoms with Crippen LogP contribution in [0.2, 0.25) is 0 Å². The Kier molecular flexibility index (Phi) is 3.92. The van der Waals surface area contributed by atoms with Crippen LogP contribution in [0, 0.1) is 0 Å². The first-order valence-electron chi connectivity index (χ1n) is 7.54. The van der Waals surface area contributed by atoms with Crippen molar-refractivity contribution in [1.29, 1.82) is 0 Å². The zero-order valence-corrected chi connectivity index (χ0v) is 12.8. The van der Waals surface area contributed by atoms with E-state index in [0.717, 1.165) is 32.5 Å². The van der Waals surface area contributed by atoms with E-state index >= 15 is 0 Å². The molecule has 1 atom stereocenters. The molecule has 0 saturated carbocycles. The van der Waals surface area contributed by atoms with Crippen LogP contribution in [0.3, 0.4) is 0 Å². The molecule has 106 valence electrons. The van der Waals surface area contributed by atoms with E-state index in [1.165, 1.54) is 34.8 Å². The number of aryl methyl sites for hydroxylation is 2. The zero-order valence-electron chi connectivity index (χ0n) is 12.0. The molecule has 0 amide bonds. The number of hydrogen-bond acceptors (Lipinski definition) is 4. The second kappa shape index (κ2) is 5.51. The highest BCUT2D eigenvalue weighted by Gasteiger charge is 2.37. The number of nitrogens with zero attached hydrogens (tertiary/aromatic N) is 1. The Bertz CT molecular complexity index is 412. The third-order valence-corrected chi connectivity index (χ3v) is 5.50. The molecule has 2 heterocycles. The van der Waals surface area contributed by atoms with Gasteiger partial charge in [-0.3, -0.25) is 0 Å². The SMILES string of the molecule is CC(C)NC1(c2nc3c(s2)CCC3)CCCOCC1. The molecular weight excluding hydrogens is 256 g/mol. The summed E-state index contributed by atoms with van der Waals surface area (Å²) in [6.07, 6.45) is 7.04. The van der Waals surface area contributed by atoms with E-state index in [1.54, 1.807) is 0 Å². The summed E-state index contributed by atoms with van der Waals surface area (Å²) >= 11 is 1.95. The van der Waals surface area contributed by atoms with Crippen molar-refractivity contribution >= 4 is 11.3 Å². The lowest BCUT2D eigenvalue weighted by Gasteiger charge is -2.33. The predicted octanol–water partition coefficient (Wildman–Crippen LogP) is 3.03. The molecule has 1 N–H and O–H groups in total. The van der Waals surface area contributed by atoms with Crippen LogP contribution in [0.25, 0.3) is 0 Å². The number of ether oxygens (including phenoxy) is 1. The maximum atomic E-state index is 5.67. The Morgan fingerprint density at radius 3 is 2.89 bits per heavy atom. The fourth-order valence-electron chi connectivity index (χ4n) is 3.32. The van der Waals surface area contributed by atoms with Crippen molar-refractivity contribution in [3.63, 3.8) is 0 Å². The summed E-state index contributed by atoms with van der Waals surface area (Å²) in [5, 5.41) is 5.12. The van der Waals surface area contributed by atoms with E-state index in [0.29, 0.717) is 6.04 Å². The monoisotopic (exact) mass is 280 g/mol. The van der Waals surface area contributed by atoms with Crippen molar-refractivity contribution in [2.45, 2.75) is 64.0 Å². The summed E-state index contributed by atoms with van der Waals surface area (Å²) in [6.45, 7) is 6.21. The molecule has 1 aromatic heterocycles. The molecule has 1 saturated heterocycles. The Morgan fingerprint density at radius 1 is 1.21 bits per heavy atom. The molecule has 1 unspecified atom stereocenters. The van der Waals surface area contributed by atoms with Gasteiger partial charge in [0.2, 0.25) is 0 Å². The quantitative estimate of drug-likeness (QED) is 0.924. The summed E-state index contributed by atoms with van der Waals surface area (Å²) in [6, 6.07) is 0.483. The highest BCUT2D eigenvalue weighted by Crippen LogP contribution is 2.39. The molecule has 19 heavy (non-hydrogen) atoms. The molecule has 1 fully saturated rings. The van der Waals surface area contributed by atoms with Gasteiger partial charge in [-0.1, -0.05) is 0 Å². The van der Waals surface area contributed by atoms with E-state index in [4.69, 9.17) is 9.72 Å². The molecule has 1 aliphatic carbocycles. The molecule has 3 rings (SSSR count). The van der Waals surface area contributed by atoms with Gasteiger partial charge in [-0.15, -0.1) is 11.3 Å². The lowest BCUT2D eigenvalue weighted by atomic mass is 9.90. The zero-order chi connectivity index (χ0) is 13.3. The Morgan fingerprint density at radius 2 is 2.11 bits per heavy atom. The van der Waals surface area contributed by atoms with Gasteiger partial charge in [0.25, 0.3) is 0 Å². The number of fused-ring (bicyclic) bond motifs is 1. The van der Waals surface area contributed by atoms with Gasteiger partial charge in [0, 0.05) is 24.1 Å². The molecule has 0 spiro atoms. The molecular formula is C15H24N2OS. The van der Waals surface area contributed by atoms with E-state index in [2.05, 4.69) is 19.2 Å². The van der Waals surface area contributed by atoms with Gasteiger partial charge in [0.1, 0.15) is 5.01 Å². The lowest BCUT2D eigenvalue weighted by Crippen LogP contribution is -2.46. The second-order valence-corrected chi connectivity index (χ2v) is 7.17. The van der Waals surface area contributed by atoms with Crippen LogP contribution >= 0.6 is 11.3 Å². The minimum Gasteiger partial charge on any atom is -0.381 e. The Labute approximate surface area is 119 Å². The van der Waals surface area contributed by atoms with Crippen LogP contribution in [-0.4, -0.2) is 24.2 Å². The predicted molar refractivity (Wildman–Crippen MR) is 78.8 cm³/mol.